The van der Waals surface area contributed by atoms with Crippen LogP contribution in [0.3, 0.4) is 0 Å². The molecule has 0 N–H and O–H groups in total. The molecular weight excluding hydrogens is 90.1 g/mol. The van der Waals surface area contributed by atoms with E-state index in [1.165, 1.54) is 10.9 Å². The second-order valence-corrected chi connectivity index (χ2v) is 0.977. The van der Waals surface area contributed by atoms with Gasteiger partial charge in [0.2, 0.25) is 0 Å². The van der Waals surface area contributed by atoms with E-state index in [0.29, 0.717) is 0 Å². The molecule has 0 aromatic carbocycles. The van der Waals surface area contributed by atoms with Gasteiger partial charge < -0.3 is 0 Å². The van der Waals surface area contributed by atoms with Crippen molar-refractivity contribution in [1.82, 2.24) is 15.0 Å². The third kappa shape index (κ3) is 0.578. The summed E-state index contributed by atoms with van der Waals surface area (Å²) < 4.78 is 1.29. The van der Waals surface area contributed by atoms with Crippen molar-refractivity contribution in [2.45, 2.75) is 0 Å². The van der Waals surface area contributed by atoms with Gasteiger partial charge in [0.25, 0.3) is 0 Å². The first-order valence-corrected chi connectivity index (χ1v) is 1.76. The van der Waals surface area contributed by atoms with Crippen molar-refractivity contribution in [3.8, 4) is 12.5 Å². The highest BCUT2D eigenvalue weighted by atomic mass is 15.4. The highest BCUT2D eigenvalue weighted by Gasteiger charge is 1.75. The third-order valence-electron chi connectivity index (χ3n) is 0.555. The molecule has 0 saturated carbocycles. The monoisotopic (exact) mass is 93.0 g/mol. The molecular formula is C4H3N3. The Morgan fingerprint density at radius 2 is 2.57 bits per heavy atom. The largest absolute Gasteiger partial charge is 0.177 e. The molecule has 0 saturated heterocycles. The summed E-state index contributed by atoms with van der Waals surface area (Å²) in [6.07, 6.45) is 8.03. The van der Waals surface area contributed by atoms with Gasteiger partial charge in [0.15, 0.2) is 0 Å². The highest BCUT2D eigenvalue weighted by Crippen LogP contribution is 1.69. The molecule has 7 heavy (non-hydrogen) atoms. The highest BCUT2D eigenvalue weighted by molar-refractivity contribution is 4.86. The second kappa shape index (κ2) is 1.43. The quantitative estimate of drug-likeness (QED) is 0.413. The zero-order valence-electron chi connectivity index (χ0n) is 3.57. The van der Waals surface area contributed by atoms with Crippen molar-refractivity contribution in [3.05, 3.63) is 12.4 Å². The van der Waals surface area contributed by atoms with Crippen LogP contribution in [0.2, 0.25) is 0 Å². The molecule has 1 aromatic rings. The Kier molecular flexibility index (Phi) is 0.794. The van der Waals surface area contributed by atoms with Gasteiger partial charge in [0.1, 0.15) is 0 Å². The van der Waals surface area contributed by atoms with Gasteiger partial charge in [-0.1, -0.05) is 11.6 Å². The minimum absolute atomic E-state index is 1.29. The summed E-state index contributed by atoms with van der Waals surface area (Å²) >= 11 is 0. The molecule has 0 bridgehead atoms. The first-order chi connectivity index (χ1) is 3.43. The zero-order valence-corrected chi connectivity index (χ0v) is 3.57. The fourth-order valence-electron chi connectivity index (χ4n) is 0.277. The van der Waals surface area contributed by atoms with Crippen LogP contribution in [-0.4, -0.2) is 15.0 Å². The maximum absolute atomic E-state index is 4.90. The molecule has 0 aliphatic heterocycles. The lowest BCUT2D eigenvalue weighted by molar-refractivity contribution is 0.828. The van der Waals surface area contributed by atoms with E-state index in [1.807, 2.05) is 0 Å². The first kappa shape index (κ1) is 3.88. The molecule has 0 fully saturated rings. The van der Waals surface area contributed by atoms with Crippen LogP contribution in [0.1, 0.15) is 0 Å². The Bertz CT molecular complexity index is 169. The summed E-state index contributed by atoms with van der Waals surface area (Å²) in [5, 5.41) is 6.93. The summed E-state index contributed by atoms with van der Waals surface area (Å²) in [7, 11) is 0. The van der Waals surface area contributed by atoms with Crippen LogP contribution in [-0.2, 0) is 0 Å². The zero-order chi connectivity index (χ0) is 5.11. The van der Waals surface area contributed by atoms with Crippen LogP contribution in [0.15, 0.2) is 12.4 Å². The Hall–Kier alpha value is -1.30. The Morgan fingerprint density at radius 3 is 2.86 bits per heavy atom. The summed E-state index contributed by atoms with van der Waals surface area (Å²) in [5.41, 5.74) is 0. The lowest BCUT2D eigenvalue weighted by atomic mass is 10.9. The van der Waals surface area contributed by atoms with Crippen LogP contribution in [0.25, 0.3) is 0 Å². The minimum Gasteiger partial charge on any atom is -0.177 e. The molecule has 0 unspecified atom stereocenters. The molecule has 0 atom stereocenters. The van der Waals surface area contributed by atoms with Crippen molar-refractivity contribution in [2.75, 3.05) is 0 Å². The van der Waals surface area contributed by atoms with Crippen molar-refractivity contribution >= 4 is 0 Å². The maximum atomic E-state index is 4.90. The van der Waals surface area contributed by atoms with E-state index in [-0.39, 0.29) is 0 Å². The molecule has 0 aliphatic rings. The Labute approximate surface area is 41.0 Å². The number of nitrogens with zero attached hydrogens (tertiary/aromatic N) is 3. The van der Waals surface area contributed by atoms with Crippen molar-refractivity contribution in [2.24, 2.45) is 0 Å². The molecule has 1 rings (SSSR count). The lowest BCUT2D eigenvalue weighted by Crippen LogP contribution is -1.86. The van der Waals surface area contributed by atoms with Crippen molar-refractivity contribution in [3.63, 3.8) is 0 Å². The molecule has 34 valence electrons. The number of hydrogen-bond donors (Lipinski definition) is 0. The van der Waals surface area contributed by atoms with Gasteiger partial charge in [0, 0.05) is 6.04 Å². The van der Waals surface area contributed by atoms with Crippen molar-refractivity contribution < 1.29 is 0 Å². The van der Waals surface area contributed by atoms with Gasteiger partial charge in [-0.2, -0.15) is 4.68 Å². The third-order valence-corrected chi connectivity index (χ3v) is 0.555. The number of rotatable bonds is 0. The Morgan fingerprint density at radius 1 is 1.71 bits per heavy atom. The van der Waals surface area contributed by atoms with Crippen LogP contribution >= 0.6 is 0 Å². The van der Waals surface area contributed by atoms with Crippen LogP contribution in [0.4, 0.5) is 0 Å². The van der Waals surface area contributed by atoms with E-state index >= 15 is 0 Å². The summed E-state index contributed by atoms with van der Waals surface area (Å²) in [6.45, 7) is 0. The van der Waals surface area contributed by atoms with Gasteiger partial charge in [-0.25, -0.2) is 0 Å². The number of terminal acetylenes is 1. The number of aromatic nitrogens is 3. The fraction of sp³-hybridized carbons (Fsp3) is 0. The fourth-order valence-corrected chi connectivity index (χ4v) is 0.277. The average Bonchev–Trinajstić information content (AvgIpc) is 2.14. The predicted octanol–water partition coefficient (Wildman–Crippen LogP) is -0.283. The van der Waals surface area contributed by atoms with E-state index in [0.717, 1.165) is 0 Å². The lowest BCUT2D eigenvalue weighted by Gasteiger charge is -1.73. The summed E-state index contributed by atoms with van der Waals surface area (Å²) in [6, 6.07) is 2.25. The maximum Gasteiger partial charge on any atom is 0.0705 e. The predicted molar refractivity (Wildman–Crippen MR) is 24.3 cm³/mol. The summed E-state index contributed by atoms with van der Waals surface area (Å²) in [5.74, 6) is 0. The van der Waals surface area contributed by atoms with Gasteiger partial charge in [-0.3, -0.25) is 0 Å². The minimum atomic E-state index is 1.29. The van der Waals surface area contributed by atoms with Crippen LogP contribution < -0.4 is 0 Å². The molecule has 0 spiro atoms. The molecule has 1 heterocycles. The topological polar surface area (TPSA) is 30.7 Å². The van der Waals surface area contributed by atoms with Gasteiger partial charge in [-0.15, -0.1) is 5.10 Å². The molecule has 3 nitrogen and oxygen atoms in total. The van der Waals surface area contributed by atoms with Crippen molar-refractivity contribution in [1.29, 1.82) is 0 Å². The number of hydrogen-bond acceptors (Lipinski definition) is 2. The second-order valence-electron chi connectivity index (χ2n) is 0.977. The van der Waals surface area contributed by atoms with E-state index in [4.69, 9.17) is 6.42 Å². The van der Waals surface area contributed by atoms with E-state index in [9.17, 15) is 0 Å². The Balaban J connectivity index is 3.04. The van der Waals surface area contributed by atoms with Crippen LogP contribution in [0.5, 0.6) is 0 Å². The molecule has 0 aliphatic carbocycles. The smallest absolute Gasteiger partial charge is 0.0705 e. The summed E-state index contributed by atoms with van der Waals surface area (Å²) in [4.78, 5) is 0. The van der Waals surface area contributed by atoms with Gasteiger partial charge >= 0.3 is 0 Å². The standard InChI is InChI=1S/C4H3N3/c1-2-7-4-3-5-6-7/h1,3-4H. The average molecular weight is 93.1 g/mol. The molecule has 0 radical (unpaired) electrons. The normalized spacial score (nSPS) is 7.86. The van der Waals surface area contributed by atoms with E-state index in [2.05, 4.69) is 16.4 Å². The molecule has 1 aromatic heterocycles. The van der Waals surface area contributed by atoms with Gasteiger partial charge in [0.05, 0.1) is 12.4 Å². The van der Waals surface area contributed by atoms with Gasteiger partial charge in [-0.05, 0) is 0 Å². The van der Waals surface area contributed by atoms with E-state index in [1.54, 1.807) is 6.20 Å². The molecule has 0 amide bonds. The first-order valence-electron chi connectivity index (χ1n) is 1.76. The van der Waals surface area contributed by atoms with Crippen LogP contribution in [0, 0.1) is 12.5 Å². The van der Waals surface area contributed by atoms with E-state index < -0.39 is 0 Å². The SMILES string of the molecule is C#Cn1ccnn1. The molecule has 3 heteroatoms.